The summed E-state index contributed by atoms with van der Waals surface area (Å²) in [6, 6.07) is 23.9. The highest BCUT2D eigenvalue weighted by Gasteiger charge is 2.13. The fraction of sp³-hybridized carbons (Fsp3) is 0.143. The lowest BCUT2D eigenvalue weighted by Crippen LogP contribution is -2.23. The van der Waals surface area contributed by atoms with Crippen molar-refractivity contribution in [1.29, 1.82) is 0 Å². The normalized spacial score (nSPS) is 11.0. The van der Waals surface area contributed by atoms with E-state index in [0.29, 0.717) is 12.1 Å². The second-order valence-corrected chi connectivity index (χ2v) is 9.26. The number of amides is 1. The highest BCUT2D eigenvalue weighted by atomic mass is 32.2. The summed E-state index contributed by atoms with van der Waals surface area (Å²) < 4.78 is 2.22. The fourth-order valence-corrected chi connectivity index (χ4v) is 4.73. The molecular weight excluding hydrogens is 454 g/mol. The van der Waals surface area contributed by atoms with Gasteiger partial charge < -0.3 is 9.88 Å². The monoisotopic (exact) mass is 479 g/mol. The minimum absolute atomic E-state index is 0.109. The Morgan fingerprint density at radius 2 is 1.74 bits per heavy atom. The number of pyridine rings is 2. The summed E-state index contributed by atoms with van der Waals surface area (Å²) in [5.74, 6) is 0.641. The molecule has 0 aliphatic rings. The molecule has 174 valence electrons. The molecular formula is C28H25N5OS. The van der Waals surface area contributed by atoms with E-state index in [1.807, 2.05) is 54.7 Å². The maximum atomic E-state index is 12.5. The number of carbonyl (C=O) groups is 1. The number of imidazole rings is 1. The van der Waals surface area contributed by atoms with Gasteiger partial charge in [-0.2, -0.15) is 0 Å². The van der Waals surface area contributed by atoms with Crippen molar-refractivity contribution in [3.8, 4) is 0 Å². The number of hydrogen-bond donors (Lipinski definition) is 1. The van der Waals surface area contributed by atoms with Gasteiger partial charge >= 0.3 is 0 Å². The lowest BCUT2D eigenvalue weighted by atomic mass is 10.1. The van der Waals surface area contributed by atoms with Gasteiger partial charge in [0.25, 0.3) is 5.91 Å². The summed E-state index contributed by atoms with van der Waals surface area (Å²) in [5.41, 5.74) is 7.02. The molecule has 5 rings (SSSR count). The third-order valence-corrected chi connectivity index (χ3v) is 6.76. The first kappa shape index (κ1) is 22.8. The van der Waals surface area contributed by atoms with E-state index in [1.165, 1.54) is 11.1 Å². The SMILES string of the molecule is Cc1ccc(Cn2c(SCc3ccc(C(=O)NCc4ccccn4)cc3)nc3ccncc32)cc1. The molecule has 0 atom stereocenters. The predicted molar refractivity (Wildman–Crippen MR) is 139 cm³/mol. The molecule has 0 aliphatic carbocycles. The number of thioether (sulfide) groups is 1. The Morgan fingerprint density at radius 1 is 0.943 bits per heavy atom. The maximum absolute atomic E-state index is 12.5. The van der Waals surface area contributed by atoms with Crippen LogP contribution in [0.25, 0.3) is 11.0 Å². The lowest BCUT2D eigenvalue weighted by Gasteiger charge is -2.10. The van der Waals surface area contributed by atoms with Crippen molar-refractivity contribution < 1.29 is 4.79 Å². The number of nitrogens with one attached hydrogen (secondary N) is 1. The van der Waals surface area contributed by atoms with Crippen molar-refractivity contribution in [3.05, 3.63) is 119 Å². The van der Waals surface area contributed by atoms with E-state index < -0.39 is 0 Å². The second kappa shape index (κ2) is 10.5. The average Bonchev–Trinajstić information content (AvgIpc) is 3.25. The first-order chi connectivity index (χ1) is 17.2. The molecule has 1 amide bonds. The Kier molecular flexibility index (Phi) is 6.86. The van der Waals surface area contributed by atoms with Gasteiger partial charge in [-0.25, -0.2) is 4.98 Å². The Balaban J connectivity index is 1.27. The van der Waals surface area contributed by atoms with Crippen LogP contribution in [0.15, 0.2) is 96.5 Å². The Labute approximate surface area is 208 Å². The van der Waals surface area contributed by atoms with Gasteiger partial charge in [0.05, 0.1) is 36.0 Å². The minimum atomic E-state index is -0.109. The molecule has 3 heterocycles. The van der Waals surface area contributed by atoms with Crippen LogP contribution in [0.3, 0.4) is 0 Å². The van der Waals surface area contributed by atoms with Crippen LogP contribution in [-0.2, 0) is 18.8 Å². The van der Waals surface area contributed by atoms with E-state index >= 15 is 0 Å². The van der Waals surface area contributed by atoms with Crippen LogP contribution in [0, 0.1) is 6.92 Å². The van der Waals surface area contributed by atoms with E-state index in [4.69, 9.17) is 4.98 Å². The predicted octanol–water partition coefficient (Wildman–Crippen LogP) is 5.41. The molecule has 5 aromatic rings. The van der Waals surface area contributed by atoms with Crippen molar-refractivity contribution in [2.45, 2.75) is 30.9 Å². The van der Waals surface area contributed by atoms with Crippen molar-refractivity contribution in [1.82, 2.24) is 24.8 Å². The molecule has 35 heavy (non-hydrogen) atoms. The highest BCUT2D eigenvalue weighted by Crippen LogP contribution is 2.27. The number of carbonyl (C=O) groups excluding carboxylic acids is 1. The summed E-state index contributed by atoms with van der Waals surface area (Å²) >= 11 is 1.69. The zero-order valence-electron chi connectivity index (χ0n) is 19.4. The van der Waals surface area contributed by atoms with E-state index in [1.54, 1.807) is 24.2 Å². The van der Waals surface area contributed by atoms with Gasteiger partial charge in [-0.15, -0.1) is 0 Å². The standard InChI is InChI=1S/C28H25N5OS/c1-20-5-7-21(8-6-20)18-33-26-17-29-15-13-25(26)32-28(33)35-19-22-9-11-23(12-10-22)27(34)31-16-24-4-2-3-14-30-24/h2-15,17H,16,18-19H2,1H3,(H,31,34). The molecule has 0 saturated heterocycles. The number of rotatable bonds is 8. The average molecular weight is 480 g/mol. The number of fused-ring (bicyclic) bond motifs is 1. The van der Waals surface area contributed by atoms with Crippen LogP contribution in [0.4, 0.5) is 0 Å². The summed E-state index contributed by atoms with van der Waals surface area (Å²) in [5, 5.41) is 3.87. The van der Waals surface area contributed by atoms with Crippen LogP contribution >= 0.6 is 11.8 Å². The van der Waals surface area contributed by atoms with Crippen LogP contribution < -0.4 is 5.32 Å². The van der Waals surface area contributed by atoms with E-state index in [0.717, 1.165) is 39.7 Å². The number of benzene rings is 2. The van der Waals surface area contributed by atoms with Gasteiger partial charge in [0.1, 0.15) is 0 Å². The van der Waals surface area contributed by atoms with Crippen molar-refractivity contribution in [3.63, 3.8) is 0 Å². The number of hydrogen-bond acceptors (Lipinski definition) is 5. The summed E-state index contributed by atoms with van der Waals surface area (Å²) in [7, 11) is 0. The smallest absolute Gasteiger partial charge is 0.251 e. The molecule has 1 N–H and O–H groups in total. The summed E-state index contributed by atoms with van der Waals surface area (Å²) in [6.45, 7) is 3.24. The molecule has 0 radical (unpaired) electrons. The zero-order chi connectivity index (χ0) is 24.0. The number of aryl methyl sites for hydroxylation is 1. The fourth-order valence-electron chi connectivity index (χ4n) is 3.76. The molecule has 0 unspecified atom stereocenters. The topological polar surface area (TPSA) is 72.7 Å². The van der Waals surface area contributed by atoms with Crippen molar-refractivity contribution in [2.75, 3.05) is 0 Å². The molecule has 6 nitrogen and oxygen atoms in total. The van der Waals surface area contributed by atoms with E-state index in [2.05, 4.69) is 51.0 Å². The number of nitrogens with zero attached hydrogens (tertiary/aromatic N) is 4. The molecule has 7 heteroatoms. The van der Waals surface area contributed by atoms with Gasteiger partial charge in [0.2, 0.25) is 0 Å². The third-order valence-electron chi connectivity index (χ3n) is 5.72. The molecule has 0 bridgehead atoms. The quantitative estimate of drug-likeness (QED) is 0.302. The molecule has 0 fully saturated rings. The van der Waals surface area contributed by atoms with Crippen LogP contribution in [0.2, 0.25) is 0 Å². The van der Waals surface area contributed by atoms with E-state index in [9.17, 15) is 4.79 Å². The molecule has 0 spiro atoms. The first-order valence-electron chi connectivity index (χ1n) is 11.4. The summed E-state index contributed by atoms with van der Waals surface area (Å²) in [6.07, 6.45) is 5.37. The maximum Gasteiger partial charge on any atom is 0.251 e. The van der Waals surface area contributed by atoms with Crippen LogP contribution in [0.1, 0.15) is 32.7 Å². The van der Waals surface area contributed by atoms with Gasteiger partial charge in [0, 0.05) is 23.7 Å². The Bertz CT molecular complexity index is 1430. The highest BCUT2D eigenvalue weighted by molar-refractivity contribution is 7.98. The first-order valence-corrected chi connectivity index (χ1v) is 12.4. The van der Waals surface area contributed by atoms with Gasteiger partial charge in [0.15, 0.2) is 5.16 Å². The molecule has 0 aliphatic heterocycles. The Hall–Kier alpha value is -3.97. The summed E-state index contributed by atoms with van der Waals surface area (Å²) in [4.78, 5) is 25.9. The van der Waals surface area contributed by atoms with E-state index in [-0.39, 0.29) is 5.91 Å². The zero-order valence-corrected chi connectivity index (χ0v) is 20.2. The number of aromatic nitrogens is 4. The third kappa shape index (κ3) is 5.58. The molecule has 0 saturated carbocycles. The minimum Gasteiger partial charge on any atom is -0.346 e. The van der Waals surface area contributed by atoms with Gasteiger partial charge in [-0.05, 0) is 48.4 Å². The second-order valence-electron chi connectivity index (χ2n) is 8.32. The Morgan fingerprint density at radius 3 is 2.51 bits per heavy atom. The van der Waals surface area contributed by atoms with Gasteiger partial charge in [-0.3, -0.25) is 14.8 Å². The van der Waals surface area contributed by atoms with Crippen LogP contribution in [0.5, 0.6) is 0 Å². The molecule has 3 aromatic heterocycles. The van der Waals surface area contributed by atoms with Gasteiger partial charge in [-0.1, -0.05) is 59.8 Å². The van der Waals surface area contributed by atoms with Crippen LogP contribution in [-0.4, -0.2) is 25.4 Å². The largest absolute Gasteiger partial charge is 0.346 e. The lowest BCUT2D eigenvalue weighted by molar-refractivity contribution is 0.0950. The van der Waals surface area contributed by atoms with Crippen molar-refractivity contribution >= 4 is 28.7 Å². The molecule has 2 aromatic carbocycles. The van der Waals surface area contributed by atoms with Crippen molar-refractivity contribution in [2.24, 2.45) is 0 Å².